The predicted octanol–water partition coefficient (Wildman–Crippen LogP) is 2.52. The summed E-state index contributed by atoms with van der Waals surface area (Å²) in [4.78, 5) is 22.2. The van der Waals surface area contributed by atoms with E-state index in [1.807, 2.05) is 0 Å². The number of rotatable bonds is 4. The first kappa shape index (κ1) is 12.0. The van der Waals surface area contributed by atoms with Crippen LogP contribution in [0.5, 0.6) is 0 Å². The third-order valence-corrected chi connectivity index (χ3v) is 5.36. The average molecular weight is 252 g/mol. The maximum atomic E-state index is 11.1. The standard InChI is InChI=1S/C14H20O4/c15-11(16)6-13-2-9-1-10(4-13)5-14(3-9,8-13)7-12(17)18/h9-10H,1-8H2,(H,15,16)(H,17,18)/t9-,10+,13-,14+. The lowest BCUT2D eigenvalue weighted by molar-refractivity contribution is -0.160. The van der Waals surface area contributed by atoms with Crippen LogP contribution in [-0.4, -0.2) is 22.2 Å². The highest BCUT2D eigenvalue weighted by atomic mass is 16.4. The molecular formula is C14H20O4. The summed E-state index contributed by atoms with van der Waals surface area (Å²) in [6.07, 6.45) is 6.54. The Morgan fingerprint density at radius 3 is 1.61 bits per heavy atom. The van der Waals surface area contributed by atoms with E-state index in [9.17, 15) is 9.59 Å². The normalized spacial score (nSPS) is 45.1. The highest BCUT2D eigenvalue weighted by Crippen LogP contribution is 2.67. The zero-order valence-corrected chi connectivity index (χ0v) is 10.5. The van der Waals surface area contributed by atoms with Gasteiger partial charge < -0.3 is 10.2 Å². The van der Waals surface area contributed by atoms with Crippen LogP contribution in [0.1, 0.15) is 51.4 Å². The molecule has 4 aliphatic carbocycles. The number of carboxylic acid groups (broad SMARTS) is 2. The van der Waals surface area contributed by atoms with Crippen LogP contribution in [0.25, 0.3) is 0 Å². The molecule has 100 valence electrons. The van der Waals surface area contributed by atoms with Gasteiger partial charge >= 0.3 is 11.9 Å². The van der Waals surface area contributed by atoms with Crippen molar-refractivity contribution >= 4 is 11.9 Å². The second-order valence-electron chi connectivity index (χ2n) is 7.10. The van der Waals surface area contributed by atoms with Gasteiger partial charge in [0.1, 0.15) is 0 Å². The number of carbonyl (C=O) groups is 2. The van der Waals surface area contributed by atoms with Gasteiger partial charge in [0.2, 0.25) is 0 Å². The summed E-state index contributed by atoms with van der Waals surface area (Å²) in [7, 11) is 0. The third-order valence-electron chi connectivity index (χ3n) is 5.36. The van der Waals surface area contributed by atoms with Crippen molar-refractivity contribution in [3.63, 3.8) is 0 Å². The molecule has 0 aromatic heterocycles. The molecule has 0 amide bonds. The minimum Gasteiger partial charge on any atom is -0.481 e. The van der Waals surface area contributed by atoms with Crippen molar-refractivity contribution in [2.75, 3.05) is 0 Å². The predicted molar refractivity (Wildman–Crippen MR) is 64.1 cm³/mol. The molecule has 0 radical (unpaired) electrons. The van der Waals surface area contributed by atoms with Crippen molar-refractivity contribution in [3.05, 3.63) is 0 Å². The highest BCUT2D eigenvalue weighted by Gasteiger charge is 2.58. The minimum atomic E-state index is -0.720. The SMILES string of the molecule is O=C(O)C[C@]12C[C@H]3C[C@H](C[C@](CC(=O)O)(C3)C1)C2. The lowest BCUT2D eigenvalue weighted by Gasteiger charge is -2.61. The van der Waals surface area contributed by atoms with Crippen molar-refractivity contribution < 1.29 is 19.8 Å². The molecule has 0 heterocycles. The van der Waals surface area contributed by atoms with E-state index in [0.29, 0.717) is 11.8 Å². The first-order chi connectivity index (χ1) is 8.40. The van der Waals surface area contributed by atoms with Crippen LogP contribution in [0.3, 0.4) is 0 Å². The van der Waals surface area contributed by atoms with Crippen LogP contribution < -0.4 is 0 Å². The molecule has 4 rings (SSSR count). The Morgan fingerprint density at radius 1 is 0.889 bits per heavy atom. The van der Waals surface area contributed by atoms with E-state index in [1.165, 1.54) is 6.42 Å². The number of carboxylic acids is 2. The largest absolute Gasteiger partial charge is 0.481 e. The second kappa shape index (κ2) is 3.72. The van der Waals surface area contributed by atoms with E-state index in [4.69, 9.17) is 10.2 Å². The van der Waals surface area contributed by atoms with Gasteiger partial charge in [-0.25, -0.2) is 0 Å². The van der Waals surface area contributed by atoms with E-state index in [-0.39, 0.29) is 23.7 Å². The highest BCUT2D eigenvalue weighted by molar-refractivity contribution is 5.69. The van der Waals surface area contributed by atoms with Gasteiger partial charge in [0, 0.05) is 0 Å². The number of hydrogen-bond donors (Lipinski definition) is 2. The zero-order valence-electron chi connectivity index (χ0n) is 10.5. The Labute approximate surface area is 106 Å². The van der Waals surface area contributed by atoms with Crippen LogP contribution in [0.4, 0.5) is 0 Å². The van der Waals surface area contributed by atoms with Crippen molar-refractivity contribution in [3.8, 4) is 0 Å². The van der Waals surface area contributed by atoms with Gasteiger partial charge in [0.25, 0.3) is 0 Å². The van der Waals surface area contributed by atoms with Gasteiger partial charge in [-0.05, 0) is 61.2 Å². The molecule has 4 nitrogen and oxygen atoms in total. The van der Waals surface area contributed by atoms with Crippen LogP contribution in [-0.2, 0) is 9.59 Å². The summed E-state index contributed by atoms with van der Waals surface area (Å²) in [6.45, 7) is 0. The van der Waals surface area contributed by atoms with E-state index < -0.39 is 11.9 Å². The number of aliphatic carboxylic acids is 2. The van der Waals surface area contributed by atoms with Gasteiger partial charge in [0.15, 0.2) is 0 Å². The molecule has 0 aromatic carbocycles. The summed E-state index contributed by atoms with van der Waals surface area (Å²) in [5, 5.41) is 18.2. The molecule has 0 atom stereocenters. The minimum absolute atomic E-state index is 0.0919. The van der Waals surface area contributed by atoms with Gasteiger partial charge in [-0.2, -0.15) is 0 Å². The van der Waals surface area contributed by atoms with Crippen LogP contribution >= 0.6 is 0 Å². The summed E-state index contributed by atoms with van der Waals surface area (Å²) in [6, 6.07) is 0. The van der Waals surface area contributed by atoms with Gasteiger partial charge in [-0.1, -0.05) is 0 Å². The first-order valence-corrected chi connectivity index (χ1v) is 6.84. The fourth-order valence-electron chi connectivity index (χ4n) is 5.70. The van der Waals surface area contributed by atoms with E-state index in [2.05, 4.69) is 0 Å². The van der Waals surface area contributed by atoms with Gasteiger partial charge in [-0.15, -0.1) is 0 Å². The fourth-order valence-corrected chi connectivity index (χ4v) is 5.70. The summed E-state index contributed by atoms with van der Waals surface area (Å²) in [5.41, 5.74) is -0.184. The van der Waals surface area contributed by atoms with E-state index in [1.54, 1.807) is 0 Å². The lowest BCUT2D eigenvalue weighted by atomic mass is 9.43. The first-order valence-electron chi connectivity index (χ1n) is 6.84. The molecule has 4 bridgehead atoms. The smallest absolute Gasteiger partial charge is 0.303 e. The van der Waals surface area contributed by atoms with Crippen molar-refractivity contribution in [1.82, 2.24) is 0 Å². The quantitative estimate of drug-likeness (QED) is 0.806. The average Bonchev–Trinajstić information content (AvgIpc) is 2.08. The Kier molecular flexibility index (Phi) is 2.48. The topological polar surface area (TPSA) is 74.6 Å². The molecule has 0 aliphatic heterocycles. The van der Waals surface area contributed by atoms with Crippen molar-refractivity contribution in [1.29, 1.82) is 0 Å². The summed E-state index contributed by atoms with van der Waals surface area (Å²) >= 11 is 0. The molecule has 0 unspecified atom stereocenters. The Morgan fingerprint density at radius 2 is 1.28 bits per heavy atom. The molecule has 4 fully saturated rings. The van der Waals surface area contributed by atoms with E-state index in [0.717, 1.165) is 32.1 Å². The number of hydrogen-bond acceptors (Lipinski definition) is 2. The molecule has 18 heavy (non-hydrogen) atoms. The molecule has 4 saturated carbocycles. The third kappa shape index (κ3) is 1.91. The molecule has 0 spiro atoms. The maximum Gasteiger partial charge on any atom is 0.303 e. The van der Waals surface area contributed by atoms with Crippen molar-refractivity contribution in [2.24, 2.45) is 22.7 Å². The molecule has 0 aromatic rings. The molecule has 0 saturated heterocycles. The molecule has 4 aliphatic rings. The summed E-state index contributed by atoms with van der Waals surface area (Å²) < 4.78 is 0. The molecule has 2 N–H and O–H groups in total. The molecular weight excluding hydrogens is 232 g/mol. The second-order valence-corrected chi connectivity index (χ2v) is 7.10. The lowest BCUT2D eigenvalue weighted by Crippen LogP contribution is -2.53. The van der Waals surface area contributed by atoms with Gasteiger partial charge in [-0.3, -0.25) is 9.59 Å². The van der Waals surface area contributed by atoms with Crippen LogP contribution in [0.15, 0.2) is 0 Å². The van der Waals surface area contributed by atoms with Gasteiger partial charge in [0.05, 0.1) is 12.8 Å². The Hall–Kier alpha value is -1.06. The monoisotopic (exact) mass is 252 g/mol. The van der Waals surface area contributed by atoms with E-state index >= 15 is 0 Å². The van der Waals surface area contributed by atoms with Crippen LogP contribution in [0.2, 0.25) is 0 Å². The van der Waals surface area contributed by atoms with Crippen LogP contribution in [0, 0.1) is 22.7 Å². The Balaban J connectivity index is 1.87. The summed E-state index contributed by atoms with van der Waals surface area (Å²) in [5.74, 6) is -0.292. The Bertz CT molecular complexity index is 353. The zero-order chi connectivity index (χ0) is 13.0. The van der Waals surface area contributed by atoms with Crippen molar-refractivity contribution in [2.45, 2.75) is 51.4 Å². The maximum absolute atomic E-state index is 11.1. The fraction of sp³-hybridized carbons (Fsp3) is 0.857. The molecule has 4 heteroatoms.